The molecular weight excluding hydrogens is 806 g/mol. The molecule has 0 bridgehead atoms. The van der Waals surface area contributed by atoms with E-state index in [4.69, 9.17) is 28.1 Å². The van der Waals surface area contributed by atoms with Crippen molar-refractivity contribution in [3.8, 4) is 5.75 Å². The van der Waals surface area contributed by atoms with Gasteiger partial charge in [-0.2, -0.15) is 0 Å². The van der Waals surface area contributed by atoms with Gasteiger partial charge in [0.15, 0.2) is 18.3 Å². The van der Waals surface area contributed by atoms with Crippen LogP contribution in [0.3, 0.4) is 0 Å². The molecule has 0 aliphatic carbocycles. The summed E-state index contributed by atoms with van der Waals surface area (Å²) in [5, 5.41) is 10.9. The number of nitrogens with zero attached hydrogens (tertiary/aromatic N) is 1. The van der Waals surface area contributed by atoms with Crippen molar-refractivity contribution in [3.63, 3.8) is 0 Å². The van der Waals surface area contributed by atoms with Crippen molar-refractivity contribution in [2.75, 3.05) is 11.5 Å². The molecule has 2 fully saturated rings. The van der Waals surface area contributed by atoms with Gasteiger partial charge >= 0.3 is 23.9 Å². The van der Waals surface area contributed by atoms with Gasteiger partial charge in [0, 0.05) is 38.9 Å². The first-order valence-electron chi connectivity index (χ1n) is 20.3. The van der Waals surface area contributed by atoms with Crippen LogP contribution in [0.5, 0.6) is 5.75 Å². The molecule has 328 valence electrons. The first-order valence-corrected chi connectivity index (χ1v) is 23.2. The fourth-order valence-electron chi connectivity index (χ4n) is 7.29. The first-order chi connectivity index (χ1) is 28.7. The summed E-state index contributed by atoms with van der Waals surface area (Å²) in [5.41, 5.74) is 2.67. The predicted molar refractivity (Wildman–Crippen MR) is 226 cm³/mol. The Labute approximate surface area is 357 Å². The maximum atomic E-state index is 14.0. The molecule has 5 rings (SSSR count). The molecule has 1 amide bonds. The van der Waals surface area contributed by atoms with Crippen LogP contribution in [0.2, 0.25) is 18.1 Å². The largest absolute Gasteiger partial charge is 0.543 e. The lowest BCUT2D eigenvalue weighted by atomic mass is 9.77. The van der Waals surface area contributed by atoms with E-state index in [0.29, 0.717) is 29.0 Å². The van der Waals surface area contributed by atoms with E-state index >= 15 is 0 Å². The van der Waals surface area contributed by atoms with E-state index in [1.165, 1.54) is 38.1 Å². The quantitative estimate of drug-likeness (QED) is 0.0691. The van der Waals surface area contributed by atoms with Crippen molar-refractivity contribution < 1.29 is 61.6 Å². The topological polar surface area (TPSA) is 164 Å². The van der Waals surface area contributed by atoms with E-state index in [1.807, 2.05) is 48.5 Å². The van der Waals surface area contributed by atoms with Crippen LogP contribution in [0.25, 0.3) is 6.08 Å². The third-order valence-corrected chi connectivity index (χ3v) is 15.6. The van der Waals surface area contributed by atoms with E-state index in [1.54, 1.807) is 17.1 Å². The molecule has 1 N–H and O–H groups in total. The van der Waals surface area contributed by atoms with E-state index in [-0.39, 0.29) is 24.0 Å². The zero-order chi connectivity index (χ0) is 44.8. The lowest BCUT2D eigenvalue weighted by Gasteiger charge is -2.49. The number of hydrogen-bond acceptors (Lipinski definition) is 12. The summed E-state index contributed by atoms with van der Waals surface area (Å²) in [6, 6.07) is 20.2. The molecule has 0 spiro atoms. The van der Waals surface area contributed by atoms with Gasteiger partial charge in [-0.3, -0.25) is 24.0 Å². The predicted octanol–water partition coefficient (Wildman–Crippen LogP) is 7.57. The molecule has 13 nitrogen and oxygen atoms in total. The highest BCUT2D eigenvalue weighted by Crippen LogP contribution is 2.50. The van der Waals surface area contributed by atoms with Crippen molar-refractivity contribution in [2.24, 2.45) is 5.92 Å². The number of carbonyl (C=O) groups excluding carboxylic acids is 5. The standard InChI is InChI=1S/C46H56FNO12Si/c1-27(49)55-26-40-43(57-29(3)51)44(58-30(4)52)42(56-28(2)50)38(59-40)24-16-31-15-21-35(39(25-31)60-61(8,9)46(5,6)7)41-36(45(54)48(41)34-13-11-10-12-14-34)22-23-37(53)32-17-19-33(47)20-18-32/h10-21,24-25,36-38,40-44,53H,22-23,26H2,1-9H3/t36-,37+,38+,40?,41-,42-,43-,44?/m1/s1. The second kappa shape index (κ2) is 19.6. The molecule has 2 aliphatic heterocycles. The SMILES string of the molecule is CC(=O)OCC1O[C@@H](C=Cc2ccc([C@@H]3[C@@H](CC[C@H](O)c4ccc(F)cc4)C(=O)N3c3ccccc3)c(O[Si](C)(C)C(C)(C)C)c2)[C@@H](OC(C)=O)C(OC(C)=O)[C@@H]1OC(C)=O. The minimum absolute atomic E-state index is 0.103. The van der Waals surface area contributed by atoms with Gasteiger partial charge in [0.05, 0.1) is 18.1 Å². The Hall–Kier alpha value is -5.38. The van der Waals surface area contributed by atoms with Crippen LogP contribution in [0.15, 0.2) is 78.9 Å². The molecule has 3 aromatic rings. The fraction of sp³-hybridized carbons (Fsp3) is 0.457. The number of aliphatic hydroxyl groups excluding tert-OH is 1. The normalized spacial score (nSPS) is 23.4. The van der Waals surface area contributed by atoms with Gasteiger partial charge in [-0.1, -0.05) is 75.4 Å². The molecule has 0 saturated carbocycles. The zero-order valence-electron chi connectivity index (χ0n) is 36.1. The molecular formula is C46H56FNO12Si. The maximum absolute atomic E-state index is 14.0. The number of esters is 4. The minimum Gasteiger partial charge on any atom is -0.543 e. The summed E-state index contributed by atoms with van der Waals surface area (Å²) < 4.78 is 49.0. The minimum atomic E-state index is -2.53. The van der Waals surface area contributed by atoms with Gasteiger partial charge in [0.2, 0.25) is 14.2 Å². The molecule has 61 heavy (non-hydrogen) atoms. The summed E-state index contributed by atoms with van der Waals surface area (Å²) in [4.78, 5) is 64.7. The van der Waals surface area contributed by atoms with Crippen molar-refractivity contribution in [1.82, 2.24) is 0 Å². The second-order valence-corrected chi connectivity index (χ2v) is 21.6. The number of benzene rings is 3. The van der Waals surface area contributed by atoms with E-state index < -0.39 is 86.6 Å². The Bertz CT molecular complexity index is 2090. The average molecular weight is 862 g/mol. The van der Waals surface area contributed by atoms with E-state index in [0.717, 1.165) is 19.4 Å². The van der Waals surface area contributed by atoms with Crippen LogP contribution < -0.4 is 9.33 Å². The molecule has 0 aromatic heterocycles. The monoisotopic (exact) mass is 861 g/mol. The van der Waals surface area contributed by atoms with Crippen molar-refractivity contribution >= 4 is 49.9 Å². The van der Waals surface area contributed by atoms with Crippen LogP contribution in [0.4, 0.5) is 10.1 Å². The molecule has 8 atom stereocenters. The zero-order valence-corrected chi connectivity index (χ0v) is 37.1. The Balaban J connectivity index is 1.56. The molecule has 3 aromatic carbocycles. The number of para-hydroxylation sites is 1. The number of halogens is 1. The van der Waals surface area contributed by atoms with Gasteiger partial charge in [0.25, 0.3) is 0 Å². The van der Waals surface area contributed by atoms with E-state index in [2.05, 4.69) is 33.9 Å². The number of aliphatic hydroxyl groups is 1. The Morgan fingerprint density at radius 1 is 0.852 bits per heavy atom. The lowest BCUT2D eigenvalue weighted by molar-refractivity contribution is -0.244. The maximum Gasteiger partial charge on any atom is 0.303 e. The Kier molecular flexibility index (Phi) is 15.0. The average Bonchev–Trinajstić information content (AvgIpc) is 3.17. The molecule has 2 heterocycles. The fourth-order valence-corrected chi connectivity index (χ4v) is 8.32. The van der Waals surface area contributed by atoms with Gasteiger partial charge in [-0.25, -0.2) is 4.39 Å². The molecule has 15 heteroatoms. The summed E-state index contributed by atoms with van der Waals surface area (Å²) in [7, 11) is -2.53. The highest BCUT2D eigenvalue weighted by Gasteiger charge is 2.52. The molecule has 2 unspecified atom stereocenters. The second-order valence-electron chi connectivity index (χ2n) is 16.9. The molecule has 0 radical (unpaired) electrons. The number of anilines is 1. The van der Waals surface area contributed by atoms with Crippen molar-refractivity contribution in [3.05, 3.63) is 101 Å². The van der Waals surface area contributed by atoms with Gasteiger partial charge in [0.1, 0.15) is 30.4 Å². The smallest absolute Gasteiger partial charge is 0.303 e. The number of rotatable bonds is 15. The van der Waals surface area contributed by atoms with Gasteiger partial charge in [-0.15, -0.1) is 0 Å². The number of ether oxygens (including phenoxy) is 5. The van der Waals surface area contributed by atoms with Crippen LogP contribution >= 0.6 is 0 Å². The van der Waals surface area contributed by atoms with Crippen molar-refractivity contribution in [1.29, 1.82) is 0 Å². The lowest BCUT2D eigenvalue weighted by Crippen LogP contribution is -2.61. The van der Waals surface area contributed by atoms with Crippen LogP contribution in [0.1, 0.15) is 90.1 Å². The summed E-state index contributed by atoms with van der Waals surface area (Å²) in [5.74, 6) is -3.27. The van der Waals surface area contributed by atoms with Crippen molar-refractivity contribution in [2.45, 2.75) is 122 Å². The Morgan fingerprint density at radius 2 is 1.46 bits per heavy atom. The Morgan fingerprint density at radius 3 is 2.05 bits per heavy atom. The van der Waals surface area contributed by atoms with Crippen LogP contribution in [0, 0.1) is 11.7 Å². The van der Waals surface area contributed by atoms with E-state index in [9.17, 15) is 33.5 Å². The highest BCUT2D eigenvalue weighted by atomic mass is 28.4. The highest BCUT2D eigenvalue weighted by molar-refractivity contribution is 6.74. The van der Waals surface area contributed by atoms with Gasteiger partial charge in [-0.05, 0) is 72.4 Å². The first kappa shape index (κ1) is 46.7. The summed E-state index contributed by atoms with van der Waals surface area (Å²) in [6.45, 7) is 14.9. The number of amides is 1. The summed E-state index contributed by atoms with van der Waals surface area (Å²) >= 11 is 0. The molecule has 2 aliphatic rings. The number of carbonyl (C=O) groups is 5. The number of β-lactam (4-membered cyclic amide) rings is 1. The third kappa shape index (κ3) is 11.5. The van der Waals surface area contributed by atoms with Crippen LogP contribution in [-0.2, 0) is 47.7 Å². The molecule has 2 saturated heterocycles. The van der Waals surface area contributed by atoms with Crippen LogP contribution in [-0.4, -0.2) is 80.3 Å². The van der Waals surface area contributed by atoms with Gasteiger partial charge < -0.3 is 38.1 Å². The number of hydrogen-bond donors (Lipinski definition) is 1. The summed E-state index contributed by atoms with van der Waals surface area (Å²) in [6.07, 6.45) is -3.06. The third-order valence-electron chi connectivity index (χ3n) is 11.3.